The summed E-state index contributed by atoms with van der Waals surface area (Å²) < 4.78 is 14.0. The zero-order chi connectivity index (χ0) is 15.4. The minimum Gasteiger partial charge on any atom is -0.351 e. The maximum atomic E-state index is 13.8. The van der Waals surface area contributed by atoms with Crippen LogP contribution in [0.25, 0.3) is 0 Å². The molecule has 0 unspecified atom stereocenters. The summed E-state index contributed by atoms with van der Waals surface area (Å²) in [5, 5.41) is 4.96. The van der Waals surface area contributed by atoms with E-state index in [1.165, 1.54) is 12.1 Å². The highest BCUT2D eigenvalue weighted by Gasteiger charge is 2.13. The Morgan fingerprint density at radius 2 is 1.57 bits per heavy atom. The predicted molar refractivity (Wildman–Crippen MR) is 81.7 cm³/mol. The lowest BCUT2D eigenvalue weighted by molar-refractivity contribution is 0.102. The van der Waals surface area contributed by atoms with Gasteiger partial charge in [0.05, 0.1) is 10.0 Å². The zero-order valence-electron chi connectivity index (χ0n) is 10.7. The zero-order valence-corrected chi connectivity index (χ0v) is 12.3. The van der Waals surface area contributed by atoms with Crippen molar-refractivity contribution < 1.29 is 14.0 Å². The number of carbonyl (C=O) groups is 2. The van der Waals surface area contributed by atoms with E-state index in [9.17, 15) is 14.0 Å². The number of primary amides is 1. The van der Waals surface area contributed by atoms with Crippen molar-refractivity contribution in [2.75, 3.05) is 10.6 Å². The molecule has 0 radical (unpaired) electrons. The topological polar surface area (TPSA) is 84.2 Å². The van der Waals surface area contributed by atoms with E-state index < -0.39 is 17.8 Å². The van der Waals surface area contributed by atoms with Gasteiger partial charge in [-0.3, -0.25) is 4.79 Å². The van der Waals surface area contributed by atoms with Gasteiger partial charge < -0.3 is 16.4 Å². The highest BCUT2D eigenvalue weighted by molar-refractivity contribution is 9.10. The summed E-state index contributed by atoms with van der Waals surface area (Å²) in [5.74, 6) is -1.19. The third-order valence-corrected chi connectivity index (χ3v) is 3.22. The normalized spacial score (nSPS) is 10.0. The number of rotatable bonds is 3. The molecule has 21 heavy (non-hydrogen) atoms. The number of urea groups is 1. The molecule has 0 aromatic heterocycles. The Morgan fingerprint density at radius 3 is 2.14 bits per heavy atom. The average molecular weight is 352 g/mol. The molecule has 5 nitrogen and oxygen atoms in total. The summed E-state index contributed by atoms with van der Waals surface area (Å²) in [6.45, 7) is 0. The van der Waals surface area contributed by atoms with Crippen molar-refractivity contribution in [3.63, 3.8) is 0 Å². The number of anilines is 2. The second-order valence-electron chi connectivity index (χ2n) is 4.12. The monoisotopic (exact) mass is 351 g/mol. The first kappa shape index (κ1) is 15.0. The van der Waals surface area contributed by atoms with Gasteiger partial charge in [-0.05, 0) is 52.3 Å². The maximum Gasteiger partial charge on any atom is 0.316 e. The van der Waals surface area contributed by atoms with Gasteiger partial charge in [0, 0.05) is 11.4 Å². The molecule has 108 valence electrons. The van der Waals surface area contributed by atoms with Crippen molar-refractivity contribution in [3.8, 4) is 0 Å². The Hall–Kier alpha value is -2.41. The van der Waals surface area contributed by atoms with E-state index in [0.717, 1.165) is 0 Å². The number of nitrogens with one attached hydrogen (secondary N) is 2. The van der Waals surface area contributed by atoms with Crippen molar-refractivity contribution in [1.29, 1.82) is 0 Å². The summed E-state index contributed by atoms with van der Waals surface area (Å²) >= 11 is 3.03. The minimum absolute atomic E-state index is 0.0660. The number of benzene rings is 2. The van der Waals surface area contributed by atoms with Gasteiger partial charge in [-0.2, -0.15) is 0 Å². The molecule has 0 saturated heterocycles. The van der Waals surface area contributed by atoms with Crippen LogP contribution in [0.5, 0.6) is 0 Å². The van der Waals surface area contributed by atoms with Crippen molar-refractivity contribution in [2.24, 2.45) is 5.73 Å². The third kappa shape index (κ3) is 3.79. The number of carbonyl (C=O) groups excluding carboxylic acids is 2. The molecular weight excluding hydrogens is 341 g/mol. The second kappa shape index (κ2) is 6.36. The molecular formula is C14H11BrFN3O2. The standard InChI is InChI=1S/C14H11BrFN3O2/c15-11-3-1-2-10(12(11)16)13(20)18-8-4-6-9(7-5-8)19-14(17)21/h1-7H,(H,18,20)(H3,17,19,21). The minimum atomic E-state index is -0.678. The lowest BCUT2D eigenvalue weighted by atomic mass is 10.2. The predicted octanol–water partition coefficient (Wildman–Crippen LogP) is 3.33. The number of amides is 3. The Balaban J connectivity index is 2.12. The van der Waals surface area contributed by atoms with E-state index in [0.29, 0.717) is 11.4 Å². The van der Waals surface area contributed by atoms with Crippen LogP contribution in [0.1, 0.15) is 10.4 Å². The molecule has 0 aliphatic heterocycles. The van der Waals surface area contributed by atoms with Gasteiger partial charge in [-0.15, -0.1) is 0 Å². The van der Waals surface area contributed by atoms with Crippen LogP contribution in [0.2, 0.25) is 0 Å². The molecule has 2 rings (SSSR count). The Labute approximate surface area is 128 Å². The van der Waals surface area contributed by atoms with Crippen molar-refractivity contribution in [3.05, 3.63) is 58.3 Å². The number of halogens is 2. The fraction of sp³-hybridized carbons (Fsp3) is 0. The molecule has 4 N–H and O–H groups in total. The van der Waals surface area contributed by atoms with Gasteiger partial charge in [0.25, 0.3) is 5.91 Å². The first-order valence-corrected chi connectivity index (χ1v) is 6.68. The molecule has 0 aliphatic carbocycles. The number of nitrogens with two attached hydrogens (primary N) is 1. The largest absolute Gasteiger partial charge is 0.351 e. The van der Waals surface area contributed by atoms with Crippen LogP contribution in [0.4, 0.5) is 20.6 Å². The van der Waals surface area contributed by atoms with Crippen LogP contribution in [-0.4, -0.2) is 11.9 Å². The van der Waals surface area contributed by atoms with Crippen LogP contribution in [0, 0.1) is 5.82 Å². The second-order valence-corrected chi connectivity index (χ2v) is 4.98. The highest BCUT2D eigenvalue weighted by Crippen LogP contribution is 2.20. The summed E-state index contributed by atoms with van der Waals surface area (Å²) in [4.78, 5) is 22.7. The van der Waals surface area contributed by atoms with Gasteiger partial charge >= 0.3 is 6.03 Å². The Bertz CT molecular complexity index is 689. The van der Waals surface area contributed by atoms with Gasteiger partial charge in [0.2, 0.25) is 0 Å². The lowest BCUT2D eigenvalue weighted by Gasteiger charge is -2.08. The average Bonchev–Trinajstić information content (AvgIpc) is 2.43. The van der Waals surface area contributed by atoms with Crippen LogP contribution in [0.15, 0.2) is 46.9 Å². The Morgan fingerprint density at radius 1 is 1.00 bits per heavy atom. The summed E-state index contributed by atoms with van der Waals surface area (Å²) in [7, 11) is 0. The molecule has 0 atom stereocenters. The third-order valence-electron chi connectivity index (χ3n) is 2.61. The van der Waals surface area contributed by atoms with E-state index in [1.807, 2.05) is 0 Å². The molecule has 0 spiro atoms. The Kier molecular flexibility index (Phi) is 4.54. The molecule has 0 aliphatic rings. The van der Waals surface area contributed by atoms with Crippen LogP contribution in [0.3, 0.4) is 0 Å². The van der Waals surface area contributed by atoms with Crippen LogP contribution in [-0.2, 0) is 0 Å². The van der Waals surface area contributed by atoms with Gasteiger partial charge in [0.15, 0.2) is 0 Å². The van der Waals surface area contributed by atoms with E-state index in [2.05, 4.69) is 26.6 Å². The molecule has 2 aromatic rings. The molecule has 0 heterocycles. The van der Waals surface area contributed by atoms with E-state index in [4.69, 9.17) is 5.73 Å². The SMILES string of the molecule is NC(=O)Nc1ccc(NC(=O)c2cccc(Br)c2F)cc1. The summed E-state index contributed by atoms with van der Waals surface area (Å²) in [5.41, 5.74) is 5.88. The fourth-order valence-corrected chi connectivity index (χ4v) is 2.02. The van der Waals surface area contributed by atoms with Crippen LogP contribution < -0.4 is 16.4 Å². The molecule has 0 bridgehead atoms. The first-order chi connectivity index (χ1) is 9.97. The smallest absolute Gasteiger partial charge is 0.316 e. The molecule has 0 saturated carbocycles. The molecule has 7 heteroatoms. The van der Waals surface area contributed by atoms with Gasteiger partial charge in [-0.1, -0.05) is 6.07 Å². The van der Waals surface area contributed by atoms with E-state index >= 15 is 0 Å². The summed E-state index contributed by atoms with van der Waals surface area (Å²) in [6.07, 6.45) is 0. The summed E-state index contributed by atoms with van der Waals surface area (Å²) in [6, 6.07) is 10.1. The van der Waals surface area contributed by atoms with Crippen LogP contribution >= 0.6 is 15.9 Å². The quantitative estimate of drug-likeness (QED) is 0.792. The molecule has 3 amide bonds. The first-order valence-electron chi connectivity index (χ1n) is 5.89. The van der Waals surface area contributed by atoms with E-state index in [-0.39, 0.29) is 10.0 Å². The maximum absolute atomic E-state index is 13.8. The molecule has 0 fully saturated rings. The number of hydrogen-bond acceptors (Lipinski definition) is 2. The van der Waals surface area contributed by atoms with Crippen molar-refractivity contribution in [2.45, 2.75) is 0 Å². The fourth-order valence-electron chi connectivity index (χ4n) is 1.66. The molecule has 2 aromatic carbocycles. The lowest BCUT2D eigenvalue weighted by Crippen LogP contribution is -2.19. The van der Waals surface area contributed by atoms with Crippen molar-refractivity contribution >= 4 is 39.2 Å². The van der Waals surface area contributed by atoms with E-state index in [1.54, 1.807) is 30.3 Å². The van der Waals surface area contributed by atoms with Gasteiger partial charge in [-0.25, -0.2) is 9.18 Å². The number of hydrogen-bond donors (Lipinski definition) is 3. The van der Waals surface area contributed by atoms with Gasteiger partial charge in [0.1, 0.15) is 5.82 Å². The highest BCUT2D eigenvalue weighted by atomic mass is 79.9. The van der Waals surface area contributed by atoms with Crippen molar-refractivity contribution in [1.82, 2.24) is 0 Å².